The average molecular weight is 242 g/mol. The monoisotopic (exact) mass is 242 g/mol. The first-order valence-corrected chi connectivity index (χ1v) is 5.79. The molecule has 0 spiro atoms. The third-order valence-electron chi connectivity index (χ3n) is 2.99. The summed E-state index contributed by atoms with van der Waals surface area (Å²) in [6.07, 6.45) is 4.73. The van der Waals surface area contributed by atoms with Crippen LogP contribution in [0.1, 0.15) is 24.0 Å². The first-order valence-electron chi connectivity index (χ1n) is 5.79. The molecule has 1 aromatic carbocycles. The fourth-order valence-corrected chi connectivity index (χ4v) is 1.66. The van der Waals surface area contributed by atoms with Crippen LogP contribution in [-0.2, 0) is 4.79 Å². The van der Waals surface area contributed by atoms with Gasteiger partial charge in [0.15, 0.2) is 0 Å². The fourth-order valence-electron chi connectivity index (χ4n) is 1.66. The molecule has 0 radical (unpaired) electrons. The number of rotatable bonds is 4. The quantitative estimate of drug-likeness (QED) is 0.779. The second-order valence-electron chi connectivity index (χ2n) is 4.50. The molecule has 0 heterocycles. The predicted molar refractivity (Wildman–Crippen MR) is 67.4 cm³/mol. The SMILES string of the molecule is N#Cc1cccc(/C=C/C(=O)NC2(CO)CC2)c1. The Balaban J connectivity index is 1.98. The highest BCUT2D eigenvalue weighted by Gasteiger charge is 2.42. The molecule has 1 aliphatic rings. The number of carbonyl (C=O) groups is 1. The van der Waals surface area contributed by atoms with E-state index in [2.05, 4.69) is 5.32 Å². The number of benzene rings is 1. The molecule has 0 aliphatic heterocycles. The van der Waals surface area contributed by atoms with Crippen molar-refractivity contribution in [2.45, 2.75) is 18.4 Å². The Hall–Kier alpha value is -2.12. The van der Waals surface area contributed by atoms with Gasteiger partial charge in [0.1, 0.15) is 0 Å². The molecule has 1 saturated carbocycles. The summed E-state index contributed by atoms with van der Waals surface area (Å²) in [4.78, 5) is 11.6. The van der Waals surface area contributed by atoms with E-state index in [1.807, 2.05) is 12.1 Å². The van der Waals surface area contributed by atoms with Gasteiger partial charge in [-0.25, -0.2) is 0 Å². The zero-order valence-corrected chi connectivity index (χ0v) is 9.89. The molecule has 1 aromatic rings. The van der Waals surface area contributed by atoms with Crippen molar-refractivity contribution in [3.05, 3.63) is 41.5 Å². The Bertz CT molecular complexity index is 525. The van der Waals surface area contributed by atoms with E-state index in [-0.39, 0.29) is 12.5 Å². The highest BCUT2D eigenvalue weighted by Crippen LogP contribution is 2.34. The van der Waals surface area contributed by atoms with E-state index in [9.17, 15) is 4.79 Å². The minimum Gasteiger partial charge on any atom is -0.394 e. The standard InChI is InChI=1S/C14H14N2O2/c15-9-12-3-1-2-11(8-12)4-5-13(18)16-14(10-17)6-7-14/h1-5,8,17H,6-7,10H2,(H,16,18)/b5-4+. The predicted octanol–water partition coefficient (Wildman–Crippen LogP) is 1.21. The molecule has 1 fully saturated rings. The van der Waals surface area contributed by atoms with Crippen LogP contribution in [-0.4, -0.2) is 23.2 Å². The van der Waals surface area contributed by atoms with Gasteiger partial charge >= 0.3 is 0 Å². The average Bonchev–Trinajstić information content (AvgIpc) is 3.17. The van der Waals surface area contributed by atoms with Gasteiger partial charge in [-0.3, -0.25) is 4.79 Å². The molecule has 1 aliphatic carbocycles. The maximum absolute atomic E-state index is 11.6. The van der Waals surface area contributed by atoms with Gasteiger partial charge in [0.2, 0.25) is 5.91 Å². The Morgan fingerprint density at radius 3 is 2.94 bits per heavy atom. The number of nitrogens with one attached hydrogen (secondary N) is 1. The number of hydrogen-bond donors (Lipinski definition) is 2. The van der Waals surface area contributed by atoms with E-state index in [1.165, 1.54) is 6.08 Å². The zero-order chi connectivity index (χ0) is 13.0. The lowest BCUT2D eigenvalue weighted by molar-refractivity contribution is -0.117. The largest absolute Gasteiger partial charge is 0.394 e. The molecule has 0 unspecified atom stereocenters. The van der Waals surface area contributed by atoms with Crippen molar-refractivity contribution in [3.63, 3.8) is 0 Å². The third kappa shape index (κ3) is 2.96. The van der Waals surface area contributed by atoms with Gasteiger partial charge in [-0.15, -0.1) is 0 Å². The van der Waals surface area contributed by atoms with Crippen LogP contribution in [0.2, 0.25) is 0 Å². The summed E-state index contributed by atoms with van der Waals surface area (Å²) in [5.74, 6) is -0.219. The van der Waals surface area contributed by atoms with Crippen LogP contribution in [0.4, 0.5) is 0 Å². The summed E-state index contributed by atoms with van der Waals surface area (Å²) in [5.41, 5.74) is 0.972. The first-order chi connectivity index (χ1) is 8.67. The second-order valence-corrected chi connectivity index (χ2v) is 4.50. The van der Waals surface area contributed by atoms with Crippen LogP contribution in [0, 0.1) is 11.3 Å². The Morgan fingerprint density at radius 1 is 1.56 bits per heavy atom. The van der Waals surface area contributed by atoms with E-state index < -0.39 is 5.54 Å². The van der Waals surface area contributed by atoms with Crippen LogP contribution in [0.5, 0.6) is 0 Å². The van der Waals surface area contributed by atoms with E-state index in [4.69, 9.17) is 10.4 Å². The van der Waals surface area contributed by atoms with Crippen molar-refractivity contribution in [3.8, 4) is 6.07 Å². The van der Waals surface area contributed by atoms with Crippen molar-refractivity contribution in [1.82, 2.24) is 5.32 Å². The van der Waals surface area contributed by atoms with E-state index in [1.54, 1.807) is 24.3 Å². The second kappa shape index (κ2) is 5.03. The lowest BCUT2D eigenvalue weighted by Crippen LogP contribution is -2.38. The van der Waals surface area contributed by atoms with Gasteiger partial charge in [0, 0.05) is 6.08 Å². The molecule has 2 rings (SSSR count). The maximum atomic E-state index is 11.6. The minimum absolute atomic E-state index is 0.0174. The number of carbonyl (C=O) groups excluding carboxylic acids is 1. The van der Waals surface area contributed by atoms with Gasteiger partial charge < -0.3 is 10.4 Å². The summed E-state index contributed by atoms with van der Waals surface area (Å²) in [6, 6.07) is 9.06. The molecular formula is C14H14N2O2. The molecule has 4 nitrogen and oxygen atoms in total. The molecule has 2 N–H and O–H groups in total. The van der Waals surface area contributed by atoms with Crippen LogP contribution in [0.25, 0.3) is 6.08 Å². The molecule has 0 atom stereocenters. The first kappa shape index (κ1) is 12.3. The van der Waals surface area contributed by atoms with Gasteiger partial charge in [-0.05, 0) is 36.6 Å². The number of nitrogens with zero attached hydrogens (tertiary/aromatic N) is 1. The molecule has 1 amide bonds. The van der Waals surface area contributed by atoms with Crippen LogP contribution < -0.4 is 5.32 Å². The lowest BCUT2D eigenvalue weighted by Gasteiger charge is -2.11. The van der Waals surface area contributed by atoms with E-state index in [0.717, 1.165) is 18.4 Å². The molecular weight excluding hydrogens is 228 g/mol. The number of aliphatic hydroxyl groups is 1. The molecule has 18 heavy (non-hydrogen) atoms. The number of hydrogen-bond acceptors (Lipinski definition) is 3. The Morgan fingerprint density at radius 2 is 2.33 bits per heavy atom. The topological polar surface area (TPSA) is 73.1 Å². The van der Waals surface area contributed by atoms with Crippen molar-refractivity contribution in [2.24, 2.45) is 0 Å². The molecule has 0 bridgehead atoms. The Kier molecular flexibility index (Phi) is 3.45. The summed E-state index contributed by atoms with van der Waals surface area (Å²) in [5, 5.41) is 20.6. The summed E-state index contributed by atoms with van der Waals surface area (Å²) >= 11 is 0. The van der Waals surface area contributed by atoms with Crippen LogP contribution in [0.15, 0.2) is 30.3 Å². The third-order valence-corrected chi connectivity index (χ3v) is 2.99. The normalized spacial score (nSPS) is 16.2. The van der Waals surface area contributed by atoms with Crippen LogP contribution >= 0.6 is 0 Å². The maximum Gasteiger partial charge on any atom is 0.244 e. The molecule has 0 saturated heterocycles. The van der Waals surface area contributed by atoms with E-state index >= 15 is 0 Å². The molecule has 92 valence electrons. The number of amides is 1. The van der Waals surface area contributed by atoms with Crippen molar-refractivity contribution in [2.75, 3.05) is 6.61 Å². The minimum atomic E-state index is -0.393. The van der Waals surface area contributed by atoms with E-state index in [0.29, 0.717) is 5.56 Å². The van der Waals surface area contributed by atoms with Gasteiger partial charge in [0.05, 0.1) is 23.8 Å². The number of aliphatic hydroxyl groups excluding tert-OH is 1. The fraction of sp³-hybridized carbons (Fsp3) is 0.286. The van der Waals surface area contributed by atoms with Gasteiger partial charge in [0.25, 0.3) is 0 Å². The Labute approximate surface area is 106 Å². The summed E-state index contributed by atoms with van der Waals surface area (Å²) in [6.45, 7) is -0.0174. The summed E-state index contributed by atoms with van der Waals surface area (Å²) in [7, 11) is 0. The number of nitriles is 1. The highest BCUT2D eigenvalue weighted by molar-refractivity contribution is 5.92. The molecule has 0 aromatic heterocycles. The van der Waals surface area contributed by atoms with Crippen molar-refractivity contribution in [1.29, 1.82) is 5.26 Å². The van der Waals surface area contributed by atoms with Crippen LogP contribution in [0.3, 0.4) is 0 Å². The van der Waals surface area contributed by atoms with Crippen molar-refractivity contribution >= 4 is 12.0 Å². The highest BCUT2D eigenvalue weighted by atomic mass is 16.3. The lowest BCUT2D eigenvalue weighted by atomic mass is 10.1. The summed E-state index contributed by atoms with van der Waals surface area (Å²) < 4.78 is 0. The van der Waals surface area contributed by atoms with Gasteiger partial charge in [-0.2, -0.15) is 5.26 Å². The molecule has 4 heteroatoms. The smallest absolute Gasteiger partial charge is 0.244 e. The zero-order valence-electron chi connectivity index (χ0n) is 9.89. The van der Waals surface area contributed by atoms with Gasteiger partial charge in [-0.1, -0.05) is 12.1 Å². The van der Waals surface area contributed by atoms with Crippen molar-refractivity contribution < 1.29 is 9.90 Å².